The molecule has 0 aromatic heterocycles. The van der Waals surface area contributed by atoms with E-state index in [0.29, 0.717) is 0 Å². The van der Waals surface area contributed by atoms with Gasteiger partial charge in [0.05, 0.1) is 0 Å². The van der Waals surface area contributed by atoms with Crippen LogP contribution < -0.4 is 0 Å². The van der Waals surface area contributed by atoms with E-state index >= 15 is 0 Å². The molecule has 1 aliphatic carbocycles. The second-order valence-electron chi connectivity index (χ2n) is 4.88. The highest BCUT2D eigenvalue weighted by Gasteiger charge is 2.35. The van der Waals surface area contributed by atoms with Crippen molar-refractivity contribution in [2.45, 2.75) is 31.7 Å². The maximum atomic E-state index is 10.8. The smallest absolute Gasteiger partial charge is 0.266 e. The van der Waals surface area contributed by atoms with Crippen molar-refractivity contribution in [2.75, 3.05) is 0 Å². The molecule has 0 saturated heterocycles. The molecule has 1 atom stereocenters. The fourth-order valence-electron chi connectivity index (χ4n) is 2.63. The first kappa shape index (κ1) is 11.4. The van der Waals surface area contributed by atoms with Crippen molar-refractivity contribution in [1.29, 1.82) is 0 Å². The Bertz CT molecular complexity index is 510. The molecule has 0 radical (unpaired) electrons. The van der Waals surface area contributed by atoms with Crippen LogP contribution in [0.25, 0.3) is 0 Å². The third-order valence-electron chi connectivity index (χ3n) is 3.53. The summed E-state index contributed by atoms with van der Waals surface area (Å²) in [5.74, 6) is 0. The molecular formula is C15H16O3. The predicted octanol–water partition coefficient (Wildman–Crippen LogP) is 3.13. The first-order chi connectivity index (χ1) is 8.69. The maximum absolute atomic E-state index is 10.8. The standard InChI is InChI=1S/C15H16O3/c1-11-6-7-15(16,10-11)13-5-3-2-4-12(13)14-17-8-9-18-14/h2-5,8-10,14,16H,6-7H2,1H3. The Morgan fingerprint density at radius 2 is 1.94 bits per heavy atom. The molecule has 3 rings (SSSR count). The minimum Gasteiger partial charge on any atom is -0.455 e. The van der Waals surface area contributed by atoms with Crippen molar-refractivity contribution in [1.82, 2.24) is 0 Å². The summed E-state index contributed by atoms with van der Waals surface area (Å²) in [7, 11) is 0. The lowest BCUT2D eigenvalue weighted by Gasteiger charge is -2.25. The molecule has 3 heteroatoms. The zero-order chi connectivity index (χ0) is 12.6. The normalized spacial score (nSPS) is 26.9. The molecule has 3 nitrogen and oxygen atoms in total. The summed E-state index contributed by atoms with van der Waals surface area (Å²) >= 11 is 0. The highest BCUT2D eigenvalue weighted by molar-refractivity contribution is 5.39. The van der Waals surface area contributed by atoms with E-state index in [9.17, 15) is 5.11 Å². The average molecular weight is 244 g/mol. The van der Waals surface area contributed by atoms with E-state index in [1.54, 1.807) is 0 Å². The second kappa shape index (κ2) is 4.18. The lowest BCUT2D eigenvalue weighted by molar-refractivity contribution is -0.0288. The minimum atomic E-state index is -0.893. The molecule has 1 aromatic rings. The Balaban J connectivity index is 2.02. The van der Waals surface area contributed by atoms with Gasteiger partial charge in [-0.25, -0.2) is 0 Å². The molecule has 1 N–H and O–H groups in total. The van der Waals surface area contributed by atoms with Gasteiger partial charge in [0.25, 0.3) is 6.29 Å². The molecule has 0 spiro atoms. The van der Waals surface area contributed by atoms with Crippen molar-refractivity contribution in [3.05, 3.63) is 59.6 Å². The lowest BCUT2D eigenvalue weighted by Crippen LogP contribution is -2.23. The first-order valence-electron chi connectivity index (χ1n) is 6.15. The van der Waals surface area contributed by atoms with Crippen LogP contribution >= 0.6 is 0 Å². The van der Waals surface area contributed by atoms with E-state index in [4.69, 9.17) is 9.47 Å². The number of benzene rings is 1. The van der Waals surface area contributed by atoms with E-state index < -0.39 is 11.9 Å². The summed E-state index contributed by atoms with van der Waals surface area (Å²) in [6, 6.07) is 7.74. The summed E-state index contributed by atoms with van der Waals surface area (Å²) in [6.45, 7) is 2.05. The van der Waals surface area contributed by atoms with Crippen LogP contribution in [0.5, 0.6) is 0 Å². The monoisotopic (exact) mass is 244 g/mol. The zero-order valence-corrected chi connectivity index (χ0v) is 10.3. The number of hydrogen-bond acceptors (Lipinski definition) is 3. The highest BCUT2D eigenvalue weighted by atomic mass is 16.7. The molecule has 1 unspecified atom stereocenters. The predicted molar refractivity (Wildman–Crippen MR) is 67.4 cm³/mol. The number of rotatable bonds is 2. The van der Waals surface area contributed by atoms with Crippen molar-refractivity contribution in [2.24, 2.45) is 0 Å². The molecule has 2 aliphatic rings. The highest BCUT2D eigenvalue weighted by Crippen LogP contribution is 2.41. The van der Waals surface area contributed by atoms with Gasteiger partial charge in [0.15, 0.2) is 0 Å². The van der Waals surface area contributed by atoms with Crippen molar-refractivity contribution >= 4 is 0 Å². The molecule has 0 bridgehead atoms. The first-order valence-corrected chi connectivity index (χ1v) is 6.15. The average Bonchev–Trinajstić information content (AvgIpc) is 3.00. The van der Waals surface area contributed by atoms with Crippen LogP contribution in [-0.4, -0.2) is 5.11 Å². The van der Waals surface area contributed by atoms with Gasteiger partial charge in [-0.1, -0.05) is 29.8 Å². The number of ether oxygens (including phenoxy) is 2. The van der Waals surface area contributed by atoms with Crippen LogP contribution in [-0.2, 0) is 15.1 Å². The molecule has 94 valence electrons. The Morgan fingerprint density at radius 3 is 2.61 bits per heavy atom. The Kier molecular flexibility index (Phi) is 2.63. The van der Waals surface area contributed by atoms with Crippen LogP contribution in [0.15, 0.2) is 48.4 Å². The summed E-state index contributed by atoms with van der Waals surface area (Å²) < 4.78 is 10.8. The number of aliphatic hydroxyl groups is 1. The number of hydrogen-bond donors (Lipinski definition) is 1. The van der Waals surface area contributed by atoms with Gasteiger partial charge in [0.1, 0.15) is 18.1 Å². The summed E-state index contributed by atoms with van der Waals surface area (Å²) in [4.78, 5) is 0. The second-order valence-corrected chi connectivity index (χ2v) is 4.88. The Hall–Kier alpha value is -1.74. The van der Waals surface area contributed by atoms with Crippen molar-refractivity contribution in [3.63, 3.8) is 0 Å². The Morgan fingerprint density at radius 1 is 1.22 bits per heavy atom. The van der Waals surface area contributed by atoms with Crippen LogP contribution in [0.1, 0.15) is 37.2 Å². The van der Waals surface area contributed by atoms with Crippen molar-refractivity contribution in [3.8, 4) is 0 Å². The summed E-state index contributed by atoms with van der Waals surface area (Å²) in [6.07, 6.45) is 6.20. The van der Waals surface area contributed by atoms with Gasteiger partial charge in [-0.15, -0.1) is 0 Å². The van der Waals surface area contributed by atoms with E-state index in [0.717, 1.165) is 24.0 Å². The van der Waals surface area contributed by atoms with E-state index in [1.165, 1.54) is 18.1 Å². The van der Waals surface area contributed by atoms with Crippen molar-refractivity contribution < 1.29 is 14.6 Å². The largest absolute Gasteiger partial charge is 0.455 e. The topological polar surface area (TPSA) is 38.7 Å². The van der Waals surface area contributed by atoms with E-state index in [-0.39, 0.29) is 0 Å². The molecule has 1 heterocycles. The van der Waals surface area contributed by atoms with Crippen LogP contribution in [0.2, 0.25) is 0 Å². The van der Waals surface area contributed by atoms with Crippen LogP contribution in [0.4, 0.5) is 0 Å². The molecular weight excluding hydrogens is 228 g/mol. The minimum absolute atomic E-state index is 0.445. The van der Waals surface area contributed by atoms with Gasteiger partial charge in [0.2, 0.25) is 0 Å². The van der Waals surface area contributed by atoms with Gasteiger partial charge >= 0.3 is 0 Å². The third-order valence-corrected chi connectivity index (χ3v) is 3.53. The van der Waals surface area contributed by atoms with Crippen LogP contribution in [0, 0.1) is 0 Å². The fraction of sp³-hybridized carbons (Fsp3) is 0.333. The maximum Gasteiger partial charge on any atom is 0.266 e. The molecule has 0 amide bonds. The van der Waals surface area contributed by atoms with Gasteiger partial charge in [-0.05, 0) is 31.4 Å². The van der Waals surface area contributed by atoms with E-state index in [1.807, 2.05) is 37.3 Å². The lowest BCUT2D eigenvalue weighted by atomic mass is 9.89. The van der Waals surface area contributed by atoms with Crippen LogP contribution in [0.3, 0.4) is 0 Å². The Labute approximate surface area is 106 Å². The molecule has 1 aliphatic heterocycles. The molecule has 1 aromatic carbocycles. The van der Waals surface area contributed by atoms with Gasteiger partial charge in [-0.2, -0.15) is 0 Å². The fourth-order valence-corrected chi connectivity index (χ4v) is 2.63. The zero-order valence-electron chi connectivity index (χ0n) is 10.3. The summed E-state index contributed by atoms with van der Waals surface area (Å²) in [5, 5.41) is 10.8. The molecule has 18 heavy (non-hydrogen) atoms. The van der Waals surface area contributed by atoms with Gasteiger partial charge in [0, 0.05) is 5.56 Å². The summed E-state index contributed by atoms with van der Waals surface area (Å²) in [5.41, 5.74) is 2.08. The number of allylic oxidation sites excluding steroid dienone is 1. The van der Waals surface area contributed by atoms with E-state index in [2.05, 4.69) is 0 Å². The molecule has 0 saturated carbocycles. The third kappa shape index (κ3) is 1.81. The SMILES string of the molecule is CC1=CC(O)(c2ccccc2C2OC=CO2)CC1. The molecule has 0 fully saturated rings. The van der Waals surface area contributed by atoms with Gasteiger partial charge in [-0.3, -0.25) is 0 Å². The van der Waals surface area contributed by atoms with Gasteiger partial charge < -0.3 is 14.6 Å². The quantitative estimate of drug-likeness (QED) is 0.812.